The quantitative estimate of drug-likeness (QED) is 0.526. The van der Waals surface area contributed by atoms with Crippen molar-refractivity contribution in [2.24, 2.45) is 0 Å². The van der Waals surface area contributed by atoms with Crippen LogP contribution in [-0.4, -0.2) is 58.6 Å². The molecule has 8 nitrogen and oxygen atoms in total. The normalized spacial score (nSPS) is 16.3. The Morgan fingerprint density at radius 3 is 2.82 bits per heavy atom. The number of aromatic nitrogens is 2. The van der Waals surface area contributed by atoms with Crippen LogP contribution in [-0.2, 0) is 22.6 Å². The molecule has 1 atom stereocenters. The number of carbonyl (C=O) groups is 2. The third-order valence-electron chi connectivity index (χ3n) is 5.53. The van der Waals surface area contributed by atoms with Crippen LogP contribution in [0.4, 0.5) is 5.69 Å². The minimum absolute atomic E-state index is 0.0579. The van der Waals surface area contributed by atoms with E-state index in [4.69, 9.17) is 4.74 Å². The maximum Gasteiger partial charge on any atom is 0.251 e. The number of ether oxygens (including phenoxy) is 1. The number of amides is 2. The molecule has 0 aliphatic carbocycles. The molecule has 1 saturated heterocycles. The largest absolute Gasteiger partial charge is 0.374 e. The van der Waals surface area contributed by atoms with Crippen LogP contribution in [0.15, 0.2) is 73.3 Å². The number of carbonyl (C=O) groups excluding carboxylic acids is 2. The van der Waals surface area contributed by atoms with Crippen molar-refractivity contribution in [3.05, 3.63) is 84.4 Å². The Labute approximate surface area is 193 Å². The summed E-state index contributed by atoms with van der Waals surface area (Å²) in [6.45, 7) is 4.15. The van der Waals surface area contributed by atoms with Gasteiger partial charge in [-0.3, -0.25) is 14.5 Å². The van der Waals surface area contributed by atoms with Crippen molar-refractivity contribution in [1.29, 1.82) is 0 Å². The Morgan fingerprint density at radius 1 is 1.12 bits per heavy atom. The van der Waals surface area contributed by atoms with Crippen molar-refractivity contribution in [2.45, 2.75) is 25.6 Å². The minimum Gasteiger partial charge on any atom is -0.374 e. The summed E-state index contributed by atoms with van der Waals surface area (Å²) in [6, 6.07) is 17.3. The summed E-state index contributed by atoms with van der Waals surface area (Å²) < 4.78 is 7.69. The predicted molar refractivity (Wildman–Crippen MR) is 126 cm³/mol. The summed E-state index contributed by atoms with van der Waals surface area (Å²) in [5.74, 6) is -0.302. The summed E-state index contributed by atoms with van der Waals surface area (Å²) in [7, 11) is 0. The molecule has 1 aliphatic rings. The van der Waals surface area contributed by atoms with E-state index in [0.29, 0.717) is 37.4 Å². The van der Waals surface area contributed by atoms with E-state index in [1.54, 1.807) is 36.8 Å². The van der Waals surface area contributed by atoms with E-state index in [0.717, 1.165) is 19.6 Å². The number of anilines is 1. The molecule has 2 amide bonds. The molecule has 172 valence electrons. The average molecular weight is 448 g/mol. The molecule has 0 saturated carbocycles. The molecule has 0 spiro atoms. The Kier molecular flexibility index (Phi) is 7.84. The molecule has 2 aromatic carbocycles. The lowest BCUT2D eigenvalue weighted by molar-refractivity contribution is -0.116. The highest BCUT2D eigenvalue weighted by Gasteiger charge is 2.21. The lowest BCUT2D eigenvalue weighted by Crippen LogP contribution is -2.47. The molecule has 8 heteroatoms. The van der Waals surface area contributed by atoms with Crippen LogP contribution < -0.4 is 10.6 Å². The van der Waals surface area contributed by atoms with Crippen molar-refractivity contribution in [1.82, 2.24) is 19.8 Å². The molecule has 1 fully saturated rings. The maximum atomic E-state index is 12.7. The van der Waals surface area contributed by atoms with Gasteiger partial charge in [0.05, 0.1) is 19.0 Å². The molecular formula is C25H29N5O3. The van der Waals surface area contributed by atoms with Gasteiger partial charge in [0, 0.05) is 62.8 Å². The molecule has 4 rings (SSSR count). The number of hydrogen-bond acceptors (Lipinski definition) is 5. The predicted octanol–water partition coefficient (Wildman–Crippen LogP) is 2.54. The number of rotatable bonds is 9. The zero-order valence-corrected chi connectivity index (χ0v) is 18.5. The summed E-state index contributed by atoms with van der Waals surface area (Å²) in [6.07, 6.45) is 5.44. The topological polar surface area (TPSA) is 88.5 Å². The summed E-state index contributed by atoms with van der Waals surface area (Å²) in [4.78, 5) is 31.2. The Balaban J connectivity index is 1.24. The summed E-state index contributed by atoms with van der Waals surface area (Å²) in [5.41, 5.74) is 2.37. The van der Waals surface area contributed by atoms with E-state index in [9.17, 15) is 9.59 Å². The first-order valence-electron chi connectivity index (χ1n) is 11.2. The van der Waals surface area contributed by atoms with Crippen LogP contribution in [0.2, 0.25) is 0 Å². The number of imidazole rings is 1. The zero-order chi connectivity index (χ0) is 22.9. The fraction of sp³-hybridized carbons (Fsp3) is 0.320. The van der Waals surface area contributed by atoms with Crippen LogP contribution in [0, 0.1) is 0 Å². The molecule has 1 aromatic heterocycles. The fourth-order valence-electron chi connectivity index (χ4n) is 3.81. The summed E-state index contributed by atoms with van der Waals surface area (Å²) >= 11 is 0. The van der Waals surface area contributed by atoms with E-state index >= 15 is 0 Å². The van der Waals surface area contributed by atoms with Gasteiger partial charge in [-0.2, -0.15) is 0 Å². The first-order valence-corrected chi connectivity index (χ1v) is 11.2. The molecule has 0 radical (unpaired) electrons. The maximum absolute atomic E-state index is 12.7. The van der Waals surface area contributed by atoms with Crippen LogP contribution in [0.3, 0.4) is 0 Å². The summed E-state index contributed by atoms with van der Waals surface area (Å²) in [5, 5.41) is 5.81. The van der Waals surface area contributed by atoms with Crippen molar-refractivity contribution < 1.29 is 14.3 Å². The van der Waals surface area contributed by atoms with Crippen LogP contribution in [0.5, 0.6) is 0 Å². The van der Waals surface area contributed by atoms with Gasteiger partial charge in [0.2, 0.25) is 5.91 Å². The fourth-order valence-corrected chi connectivity index (χ4v) is 3.81. The number of aryl methyl sites for hydroxylation is 1. The van der Waals surface area contributed by atoms with Gasteiger partial charge in [0.1, 0.15) is 0 Å². The zero-order valence-electron chi connectivity index (χ0n) is 18.5. The van der Waals surface area contributed by atoms with Crippen molar-refractivity contribution >= 4 is 17.5 Å². The SMILES string of the molecule is O=C(CCn1ccnc1)Nc1cccc(C(=O)NCC2CN(Cc3ccccc3)CCO2)c1. The van der Waals surface area contributed by atoms with Gasteiger partial charge in [-0.15, -0.1) is 0 Å². The standard InChI is InChI=1S/C25H29N5O3/c31-24(9-11-29-12-10-26-19-29)28-22-8-4-7-21(15-22)25(32)27-16-23-18-30(13-14-33-23)17-20-5-2-1-3-6-20/h1-8,10,12,15,19,23H,9,11,13-14,16-18H2,(H,27,32)(H,28,31). The molecule has 1 aliphatic heterocycles. The lowest BCUT2D eigenvalue weighted by Gasteiger charge is -2.33. The highest BCUT2D eigenvalue weighted by molar-refractivity contribution is 5.97. The van der Waals surface area contributed by atoms with Gasteiger partial charge in [0.25, 0.3) is 5.91 Å². The van der Waals surface area contributed by atoms with E-state index in [1.807, 2.05) is 29.0 Å². The third kappa shape index (κ3) is 7.00. The first kappa shape index (κ1) is 22.7. The number of nitrogens with one attached hydrogen (secondary N) is 2. The van der Waals surface area contributed by atoms with Crippen LogP contribution in [0.25, 0.3) is 0 Å². The second-order valence-electron chi connectivity index (χ2n) is 8.10. The molecule has 2 N–H and O–H groups in total. The third-order valence-corrected chi connectivity index (χ3v) is 5.53. The van der Waals surface area contributed by atoms with Crippen molar-refractivity contribution in [2.75, 3.05) is 31.6 Å². The first-order chi connectivity index (χ1) is 16.2. The lowest BCUT2D eigenvalue weighted by atomic mass is 10.1. The Morgan fingerprint density at radius 2 is 2.00 bits per heavy atom. The molecule has 1 unspecified atom stereocenters. The average Bonchev–Trinajstić information content (AvgIpc) is 3.36. The number of benzene rings is 2. The second kappa shape index (κ2) is 11.4. The number of morpholine rings is 1. The second-order valence-corrected chi connectivity index (χ2v) is 8.10. The van der Waals surface area contributed by atoms with Crippen LogP contribution >= 0.6 is 0 Å². The van der Waals surface area contributed by atoms with Gasteiger partial charge in [-0.05, 0) is 23.8 Å². The monoisotopic (exact) mass is 447 g/mol. The van der Waals surface area contributed by atoms with Gasteiger partial charge < -0.3 is 19.9 Å². The molecular weight excluding hydrogens is 418 g/mol. The van der Waals surface area contributed by atoms with Gasteiger partial charge in [0.15, 0.2) is 0 Å². The Hall–Kier alpha value is -3.49. The smallest absolute Gasteiger partial charge is 0.251 e. The van der Waals surface area contributed by atoms with E-state index in [1.165, 1.54) is 5.56 Å². The van der Waals surface area contributed by atoms with Gasteiger partial charge in [-0.25, -0.2) is 4.98 Å². The van der Waals surface area contributed by atoms with Crippen molar-refractivity contribution in [3.8, 4) is 0 Å². The van der Waals surface area contributed by atoms with E-state index in [-0.39, 0.29) is 17.9 Å². The number of hydrogen-bond donors (Lipinski definition) is 2. The molecule has 2 heterocycles. The van der Waals surface area contributed by atoms with Crippen molar-refractivity contribution in [3.63, 3.8) is 0 Å². The van der Waals surface area contributed by atoms with E-state index < -0.39 is 0 Å². The minimum atomic E-state index is -0.187. The number of nitrogens with zero attached hydrogens (tertiary/aromatic N) is 3. The highest BCUT2D eigenvalue weighted by Crippen LogP contribution is 2.13. The van der Waals surface area contributed by atoms with Crippen LogP contribution in [0.1, 0.15) is 22.3 Å². The van der Waals surface area contributed by atoms with Gasteiger partial charge >= 0.3 is 0 Å². The molecule has 3 aromatic rings. The van der Waals surface area contributed by atoms with Gasteiger partial charge in [-0.1, -0.05) is 36.4 Å². The Bertz CT molecular complexity index is 1040. The van der Waals surface area contributed by atoms with E-state index in [2.05, 4.69) is 32.7 Å². The molecule has 33 heavy (non-hydrogen) atoms. The molecule has 0 bridgehead atoms. The highest BCUT2D eigenvalue weighted by atomic mass is 16.5.